The van der Waals surface area contributed by atoms with Gasteiger partial charge in [0.15, 0.2) is 5.82 Å². The lowest BCUT2D eigenvalue weighted by molar-refractivity contribution is 0.139. The van der Waals surface area contributed by atoms with E-state index in [1.165, 1.54) is 0 Å². The highest BCUT2D eigenvalue weighted by Gasteiger charge is 2.30. The lowest BCUT2D eigenvalue weighted by Crippen LogP contribution is -2.38. The van der Waals surface area contributed by atoms with Crippen LogP contribution in [0.4, 0.5) is 10.2 Å². The fourth-order valence-electron chi connectivity index (χ4n) is 4.95. The summed E-state index contributed by atoms with van der Waals surface area (Å²) >= 11 is 0. The number of likely N-dealkylation sites (tertiary alicyclic amines) is 1. The summed E-state index contributed by atoms with van der Waals surface area (Å²) in [6.07, 6.45) is 2.20. The number of anilines is 1. The van der Waals surface area contributed by atoms with E-state index < -0.39 is 6.17 Å². The number of alkyl halides is 1. The molecule has 5 rings (SSSR count). The summed E-state index contributed by atoms with van der Waals surface area (Å²) in [4.78, 5) is 13.3. The molecule has 1 N–H and O–H groups in total. The molecule has 2 aliphatic rings. The van der Waals surface area contributed by atoms with Crippen LogP contribution in [-0.2, 0) is 0 Å². The smallest absolute Gasteiger partial charge is 0.159 e. The zero-order chi connectivity index (χ0) is 21.7. The van der Waals surface area contributed by atoms with Crippen molar-refractivity contribution in [1.82, 2.24) is 24.6 Å². The number of fused-ring (bicyclic) bond motifs is 1. The monoisotopic (exact) mass is 424 g/mol. The molecule has 4 heterocycles. The SMILES string of the molecule is Cc1nc(N2CC[C@H](O)C2)cc(-n2ncc3cc(C)c(C4CCN(C)CC4F)cc32)n1. The van der Waals surface area contributed by atoms with E-state index in [9.17, 15) is 9.50 Å². The molecule has 31 heavy (non-hydrogen) atoms. The Kier molecular flexibility index (Phi) is 5.14. The number of benzene rings is 1. The second-order valence-electron chi connectivity index (χ2n) is 9.02. The van der Waals surface area contributed by atoms with Gasteiger partial charge < -0.3 is 14.9 Å². The Hall–Kier alpha value is -2.58. The van der Waals surface area contributed by atoms with E-state index in [2.05, 4.69) is 43.9 Å². The minimum Gasteiger partial charge on any atom is -0.391 e. The number of halogens is 1. The van der Waals surface area contributed by atoms with Crippen molar-refractivity contribution in [3.05, 3.63) is 41.3 Å². The van der Waals surface area contributed by atoms with E-state index in [1.54, 1.807) is 0 Å². The van der Waals surface area contributed by atoms with Gasteiger partial charge in [-0.3, -0.25) is 0 Å². The number of aromatic nitrogens is 4. The van der Waals surface area contributed by atoms with Gasteiger partial charge in [0.05, 0.1) is 17.8 Å². The lowest BCUT2D eigenvalue weighted by atomic mass is 9.85. The van der Waals surface area contributed by atoms with Gasteiger partial charge in [-0.2, -0.15) is 5.10 Å². The number of β-amino-alcohol motifs (C(OH)–C–C–N with tert-alkyl or cyclic N) is 1. The van der Waals surface area contributed by atoms with Gasteiger partial charge in [0.2, 0.25) is 0 Å². The predicted molar refractivity (Wildman–Crippen MR) is 119 cm³/mol. The molecule has 2 unspecified atom stereocenters. The molecule has 1 aromatic carbocycles. The van der Waals surface area contributed by atoms with Crippen LogP contribution in [0.15, 0.2) is 24.4 Å². The van der Waals surface area contributed by atoms with Crippen LogP contribution in [0.1, 0.15) is 35.7 Å². The number of hydrogen-bond acceptors (Lipinski definition) is 6. The van der Waals surface area contributed by atoms with Crippen LogP contribution in [-0.4, -0.2) is 75.3 Å². The third-order valence-electron chi connectivity index (χ3n) is 6.62. The van der Waals surface area contributed by atoms with E-state index >= 15 is 0 Å². The van der Waals surface area contributed by atoms with Gasteiger partial charge in [-0.15, -0.1) is 0 Å². The van der Waals surface area contributed by atoms with Crippen LogP contribution >= 0.6 is 0 Å². The number of aliphatic hydroxyl groups excluding tert-OH is 1. The Balaban J connectivity index is 1.56. The van der Waals surface area contributed by atoms with Crippen LogP contribution in [0.3, 0.4) is 0 Å². The van der Waals surface area contributed by atoms with Crippen LogP contribution < -0.4 is 4.90 Å². The molecule has 2 aromatic heterocycles. The third-order valence-corrected chi connectivity index (χ3v) is 6.62. The Labute approximate surface area is 181 Å². The Morgan fingerprint density at radius 2 is 1.84 bits per heavy atom. The van der Waals surface area contributed by atoms with E-state index in [0.29, 0.717) is 24.7 Å². The topological polar surface area (TPSA) is 70.3 Å². The van der Waals surface area contributed by atoms with Gasteiger partial charge >= 0.3 is 0 Å². The van der Waals surface area contributed by atoms with Gasteiger partial charge in [0, 0.05) is 37.0 Å². The highest BCUT2D eigenvalue weighted by molar-refractivity contribution is 5.82. The highest BCUT2D eigenvalue weighted by Crippen LogP contribution is 2.35. The third kappa shape index (κ3) is 3.78. The molecular weight excluding hydrogens is 395 g/mol. The highest BCUT2D eigenvalue weighted by atomic mass is 19.1. The number of aliphatic hydroxyl groups is 1. The van der Waals surface area contributed by atoms with Crippen molar-refractivity contribution in [3.8, 4) is 5.82 Å². The van der Waals surface area contributed by atoms with Crippen molar-refractivity contribution in [3.63, 3.8) is 0 Å². The molecule has 0 radical (unpaired) electrons. The quantitative estimate of drug-likeness (QED) is 0.697. The average Bonchev–Trinajstić information content (AvgIpc) is 3.33. The molecule has 3 aromatic rings. The maximum atomic E-state index is 14.9. The van der Waals surface area contributed by atoms with Crippen molar-refractivity contribution >= 4 is 16.7 Å². The molecule has 0 aliphatic carbocycles. The van der Waals surface area contributed by atoms with Gasteiger partial charge in [0.25, 0.3) is 0 Å². The largest absolute Gasteiger partial charge is 0.391 e. The first kappa shape index (κ1) is 20.3. The van der Waals surface area contributed by atoms with Gasteiger partial charge in [-0.05, 0) is 63.5 Å². The lowest BCUT2D eigenvalue weighted by Gasteiger charge is -2.33. The molecule has 164 valence electrons. The Morgan fingerprint density at radius 3 is 2.58 bits per heavy atom. The zero-order valence-electron chi connectivity index (χ0n) is 18.3. The fourth-order valence-corrected chi connectivity index (χ4v) is 4.95. The van der Waals surface area contributed by atoms with E-state index in [0.717, 1.165) is 53.8 Å². The summed E-state index contributed by atoms with van der Waals surface area (Å²) in [7, 11) is 1.97. The number of nitrogens with zero attached hydrogens (tertiary/aromatic N) is 6. The zero-order valence-corrected chi connectivity index (χ0v) is 18.3. The summed E-state index contributed by atoms with van der Waals surface area (Å²) in [5.41, 5.74) is 3.09. The molecule has 2 aliphatic heterocycles. The molecule has 0 bridgehead atoms. The first-order valence-corrected chi connectivity index (χ1v) is 11.0. The van der Waals surface area contributed by atoms with Crippen molar-refractivity contribution < 1.29 is 9.50 Å². The average molecular weight is 425 g/mol. The maximum Gasteiger partial charge on any atom is 0.159 e. The Morgan fingerprint density at radius 1 is 1.03 bits per heavy atom. The molecule has 0 saturated carbocycles. The van der Waals surface area contributed by atoms with Crippen LogP contribution in [0, 0.1) is 13.8 Å². The summed E-state index contributed by atoms with van der Waals surface area (Å²) in [5, 5.41) is 15.5. The van der Waals surface area contributed by atoms with Crippen LogP contribution in [0.2, 0.25) is 0 Å². The van der Waals surface area contributed by atoms with Crippen molar-refractivity contribution in [2.75, 3.05) is 38.1 Å². The molecular formula is C23H29FN6O. The summed E-state index contributed by atoms with van der Waals surface area (Å²) in [6.45, 7) is 6.65. The summed E-state index contributed by atoms with van der Waals surface area (Å²) in [5.74, 6) is 2.05. The second kappa shape index (κ2) is 7.84. The first-order chi connectivity index (χ1) is 14.9. The fraction of sp³-hybridized carbons (Fsp3) is 0.522. The van der Waals surface area contributed by atoms with Crippen molar-refractivity contribution in [2.24, 2.45) is 0 Å². The maximum absolute atomic E-state index is 14.9. The van der Waals surface area contributed by atoms with Gasteiger partial charge in [-0.25, -0.2) is 19.0 Å². The second-order valence-corrected chi connectivity index (χ2v) is 9.02. The van der Waals surface area contributed by atoms with E-state index in [1.807, 2.05) is 30.9 Å². The normalized spacial score (nSPS) is 24.9. The Bertz CT molecular complexity index is 1110. The predicted octanol–water partition coefficient (Wildman–Crippen LogP) is 2.76. The standard InChI is InChI=1S/C23H29FN6O/c1-14-8-16-11-25-30(21(16)9-19(14)18-5-6-28(3)13-20(18)24)23-10-22(26-15(2)27-23)29-7-4-17(31)12-29/h8-11,17-18,20,31H,4-7,12-13H2,1-3H3/t17-,18?,20?/m0/s1. The molecule has 8 heteroatoms. The summed E-state index contributed by atoms with van der Waals surface area (Å²) in [6, 6.07) is 6.12. The van der Waals surface area contributed by atoms with Gasteiger partial charge in [0.1, 0.15) is 17.8 Å². The number of piperidine rings is 1. The molecule has 2 fully saturated rings. The number of hydrogen-bond donors (Lipinski definition) is 1. The molecule has 2 saturated heterocycles. The summed E-state index contributed by atoms with van der Waals surface area (Å²) < 4.78 is 16.7. The van der Waals surface area contributed by atoms with E-state index in [4.69, 9.17) is 0 Å². The molecule has 7 nitrogen and oxygen atoms in total. The minimum atomic E-state index is -0.874. The molecule has 0 amide bonds. The molecule has 3 atom stereocenters. The number of aryl methyl sites for hydroxylation is 2. The van der Waals surface area contributed by atoms with Gasteiger partial charge in [-0.1, -0.05) is 0 Å². The van der Waals surface area contributed by atoms with Crippen molar-refractivity contribution in [1.29, 1.82) is 0 Å². The van der Waals surface area contributed by atoms with E-state index in [-0.39, 0.29) is 12.0 Å². The molecule has 0 spiro atoms. The minimum absolute atomic E-state index is 0.0993. The first-order valence-electron chi connectivity index (χ1n) is 11.0. The van der Waals surface area contributed by atoms with Crippen LogP contribution in [0.25, 0.3) is 16.7 Å². The van der Waals surface area contributed by atoms with Crippen LogP contribution in [0.5, 0.6) is 0 Å². The van der Waals surface area contributed by atoms with Crippen molar-refractivity contribution in [2.45, 2.75) is 44.9 Å². The number of rotatable bonds is 3.